The third kappa shape index (κ3) is 2.47. The number of hydrogen-bond donors (Lipinski definition) is 1. The number of H-pyrrole nitrogens is 1. The van der Waals surface area contributed by atoms with Gasteiger partial charge in [0.05, 0.1) is 6.61 Å². The molecular formula is C13H14N2O2. The van der Waals surface area contributed by atoms with Crippen LogP contribution in [-0.2, 0) is 4.74 Å². The van der Waals surface area contributed by atoms with Crippen molar-refractivity contribution in [3.8, 4) is 17.1 Å². The van der Waals surface area contributed by atoms with Gasteiger partial charge in [0.1, 0.15) is 24.3 Å². The Morgan fingerprint density at radius 2 is 2.18 bits per heavy atom. The molecule has 2 aromatic rings. The highest BCUT2D eigenvalue weighted by molar-refractivity contribution is 5.56. The van der Waals surface area contributed by atoms with Gasteiger partial charge < -0.3 is 14.5 Å². The van der Waals surface area contributed by atoms with Crippen molar-refractivity contribution in [2.45, 2.75) is 13.0 Å². The third-order valence-electron chi connectivity index (χ3n) is 2.67. The molecule has 0 radical (unpaired) electrons. The first kappa shape index (κ1) is 10.4. The minimum Gasteiger partial charge on any atom is -0.491 e. The molecule has 1 fully saturated rings. The van der Waals surface area contributed by atoms with Crippen LogP contribution in [-0.4, -0.2) is 29.3 Å². The summed E-state index contributed by atoms with van der Waals surface area (Å²) in [6.07, 6.45) is 2.12. The summed E-state index contributed by atoms with van der Waals surface area (Å²) in [5.74, 6) is 1.76. The van der Waals surface area contributed by atoms with E-state index < -0.39 is 0 Å². The van der Waals surface area contributed by atoms with E-state index in [0.717, 1.165) is 29.4 Å². The van der Waals surface area contributed by atoms with Crippen LogP contribution in [0.1, 0.15) is 5.69 Å². The average Bonchev–Trinajstić information content (AvgIpc) is 3.09. The zero-order valence-electron chi connectivity index (χ0n) is 9.64. The molecule has 1 N–H and O–H groups in total. The van der Waals surface area contributed by atoms with Crippen LogP contribution in [0.25, 0.3) is 11.4 Å². The predicted molar refractivity (Wildman–Crippen MR) is 64.0 cm³/mol. The molecule has 0 aliphatic carbocycles. The molecule has 0 spiro atoms. The Labute approximate surface area is 99.6 Å². The molecule has 3 rings (SSSR count). The first-order valence-corrected chi connectivity index (χ1v) is 5.68. The molecule has 1 aliphatic rings. The highest BCUT2D eigenvalue weighted by Gasteiger charge is 2.22. The fourth-order valence-corrected chi connectivity index (χ4v) is 1.62. The van der Waals surface area contributed by atoms with E-state index in [2.05, 4.69) is 9.97 Å². The SMILES string of the molecule is Cc1cnc(-c2ccc(OCC3CO3)cc2)[nH]1. The number of imidazole rings is 1. The number of aryl methyl sites for hydroxylation is 1. The Morgan fingerprint density at radius 3 is 2.76 bits per heavy atom. The zero-order chi connectivity index (χ0) is 11.7. The van der Waals surface area contributed by atoms with Gasteiger partial charge in [-0.15, -0.1) is 0 Å². The Bertz CT molecular complexity index is 500. The molecule has 1 unspecified atom stereocenters. The van der Waals surface area contributed by atoms with Crippen molar-refractivity contribution in [2.75, 3.05) is 13.2 Å². The van der Waals surface area contributed by atoms with E-state index in [1.807, 2.05) is 37.4 Å². The largest absolute Gasteiger partial charge is 0.491 e. The number of aromatic nitrogens is 2. The topological polar surface area (TPSA) is 50.4 Å². The van der Waals surface area contributed by atoms with E-state index in [1.165, 1.54) is 0 Å². The fourth-order valence-electron chi connectivity index (χ4n) is 1.62. The van der Waals surface area contributed by atoms with Gasteiger partial charge in [0.2, 0.25) is 0 Å². The third-order valence-corrected chi connectivity index (χ3v) is 2.67. The van der Waals surface area contributed by atoms with E-state index in [-0.39, 0.29) is 0 Å². The van der Waals surface area contributed by atoms with Crippen molar-refractivity contribution in [3.05, 3.63) is 36.2 Å². The second-order valence-electron chi connectivity index (χ2n) is 4.21. The van der Waals surface area contributed by atoms with Gasteiger partial charge in [-0.2, -0.15) is 0 Å². The fraction of sp³-hybridized carbons (Fsp3) is 0.308. The Kier molecular flexibility index (Phi) is 2.57. The smallest absolute Gasteiger partial charge is 0.137 e. The van der Waals surface area contributed by atoms with Crippen molar-refractivity contribution in [1.29, 1.82) is 0 Å². The van der Waals surface area contributed by atoms with Crippen LogP contribution < -0.4 is 4.74 Å². The van der Waals surface area contributed by atoms with Crippen LogP contribution in [0.15, 0.2) is 30.5 Å². The molecule has 4 nitrogen and oxygen atoms in total. The monoisotopic (exact) mass is 230 g/mol. The Balaban J connectivity index is 1.70. The average molecular weight is 230 g/mol. The lowest BCUT2D eigenvalue weighted by Crippen LogP contribution is -2.03. The van der Waals surface area contributed by atoms with E-state index in [1.54, 1.807) is 0 Å². The summed E-state index contributed by atoms with van der Waals surface area (Å²) in [4.78, 5) is 7.48. The first-order valence-electron chi connectivity index (χ1n) is 5.68. The van der Waals surface area contributed by atoms with Gasteiger partial charge in [-0.25, -0.2) is 4.98 Å². The molecule has 1 atom stereocenters. The van der Waals surface area contributed by atoms with Gasteiger partial charge in [-0.3, -0.25) is 0 Å². The molecule has 0 amide bonds. The minimum absolute atomic E-state index is 0.294. The second-order valence-corrected chi connectivity index (χ2v) is 4.21. The van der Waals surface area contributed by atoms with Crippen molar-refractivity contribution in [3.63, 3.8) is 0 Å². The Hall–Kier alpha value is -1.81. The van der Waals surface area contributed by atoms with Crippen LogP contribution in [0.5, 0.6) is 5.75 Å². The second kappa shape index (κ2) is 4.22. The summed E-state index contributed by atoms with van der Waals surface area (Å²) in [5, 5.41) is 0. The van der Waals surface area contributed by atoms with Crippen LogP contribution >= 0.6 is 0 Å². The first-order chi connectivity index (χ1) is 8.31. The summed E-state index contributed by atoms with van der Waals surface area (Å²) in [5.41, 5.74) is 2.12. The number of nitrogens with zero attached hydrogens (tertiary/aromatic N) is 1. The number of ether oxygens (including phenoxy) is 2. The molecule has 88 valence electrons. The highest BCUT2D eigenvalue weighted by atomic mass is 16.6. The predicted octanol–water partition coefficient (Wildman–Crippen LogP) is 2.16. The molecule has 1 aromatic heterocycles. The van der Waals surface area contributed by atoms with E-state index in [9.17, 15) is 0 Å². The lowest BCUT2D eigenvalue weighted by Gasteiger charge is -2.04. The summed E-state index contributed by atoms with van der Waals surface area (Å²) >= 11 is 0. The summed E-state index contributed by atoms with van der Waals surface area (Å²) in [7, 11) is 0. The molecule has 4 heteroatoms. The standard InChI is InChI=1S/C13H14N2O2/c1-9-6-14-13(15-9)10-2-4-11(5-3-10)16-7-12-8-17-12/h2-6,12H,7-8H2,1H3,(H,14,15). The number of rotatable bonds is 4. The van der Waals surface area contributed by atoms with Crippen molar-refractivity contribution in [1.82, 2.24) is 9.97 Å². The van der Waals surface area contributed by atoms with Gasteiger partial charge in [0.25, 0.3) is 0 Å². The normalized spacial score (nSPS) is 18.1. The number of aromatic amines is 1. The quantitative estimate of drug-likeness (QED) is 0.819. The molecule has 1 saturated heterocycles. The molecular weight excluding hydrogens is 216 g/mol. The number of epoxide rings is 1. The molecule has 1 aromatic carbocycles. The van der Waals surface area contributed by atoms with Crippen molar-refractivity contribution in [2.24, 2.45) is 0 Å². The van der Waals surface area contributed by atoms with E-state index in [0.29, 0.717) is 12.7 Å². The molecule has 1 aliphatic heterocycles. The lowest BCUT2D eigenvalue weighted by atomic mass is 10.2. The summed E-state index contributed by atoms with van der Waals surface area (Å²) in [6, 6.07) is 7.91. The number of nitrogens with one attached hydrogen (secondary N) is 1. The van der Waals surface area contributed by atoms with E-state index in [4.69, 9.17) is 9.47 Å². The summed E-state index contributed by atoms with van der Waals surface area (Å²) < 4.78 is 10.7. The van der Waals surface area contributed by atoms with Crippen LogP contribution in [0.2, 0.25) is 0 Å². The van der Waals surface area contributed by atoms with Crippen LogP contribution in [0.3, 0.4) is 0 Å². The highest BCUT2D eigenvalue weighted by Crippen LogP contribution is 2.20. The van der Waals surface area contributed by atoms with Crippen molar-refractivity contribution < 1.29 is 9.47 Å². The zero-order valence-corrected chi connectivity index (χ0v) is 9.64. The molecule has 0 saturated carbocycles. The van der Waals surface area contributed by atoms with Gasteiger partial charge in [0.15, 0.2) is 0 Å². The number of hydrogen-bond acceptors (Lipinski definition) is 3. The molecule has 2 heterocycles. The van der Waals surface area contributed by atoms with Crippen LogP contribution in [0, 0.1) is 6.92 Å². The minimum atomic E-state index is 0.294. The van der Waals surface area contributed by atoms with E-state index >= 15 is 0 Å². The van der Waals surface area contributed by atoms with Gasteiger partial charge in [0, 0.05) is 17.5 Å². The van der Waals surface area contributed by atoms with Gasteiger partial charge in [-0.1, -0.05) is 0 Å². The van der Waals surface area contributed by atoms with Gasteiger partial charge >= 0.3 is 0 Å². The molecule has 17 heavy (non-hydrogen) atoms. The maximum absolute atomic E-state index is 5.57. The van der Waals surface area contributed by atoms with Crippen LogP contribution in [0.4, 0.5) is 0 Å². The maximum Gasteiger partial charge on any atom is 0.137 e. The lowest BCUT2D eigenvalue weighted by molar-refractivity contribution is 0.263. The molecule has 0 bridgehead atoms. The van der Waals surface area contributed by atoms with Crippen molar-refractivity contribution >= 4 is 0 Å². The maximum atomic E-state index is 5.57. The Morgan fingerprint density at radius 1 is 1.41 bits per heavy atom. The summed E-state index contributed by atoms with van der Waals surface area (Å²) in [6.45, 7) is 3.45. The number of benzene rings is 1. The van der Waals surface area contributed by atoms with Gasteiger partial charge in [-0.05, 0) is 31.2 Å².